The second-order valence-electron chi connectivity index (χ2n) is 14.6. The van der Waals surface area contributed by atoms with Crippen LogP contribution < -0.4 is 16.0 Å². The lowest BCUT2D eigenvalue weighted by atomic mass is 10.0. The maximum Gasteiger partial charge on any atom is 0.242 e. The van der Waals surface area contributed by atoms with E-state index in [4.69, 9.17) is 0 Å². The fraction of sp³-hybridized carbons (Fsp3) is 0.535. The van der Waals surface area contributed by atoms with Crippen molar-refractivity contribution in [3.05, 3.63) is 70.8 Å². The van der Waals surface area contributed by atoms with E-state index >= 15 is 0 Å². The van der Waals surface area contributed by atoms with Gasteiger partial charge in [-0.2, -0.15) is 0 Å². The minimum atomic E-state index is -0.391. The van der Waals surface area contributed by atoms with Gasteiger partial charge in [0.05, 0.1) is 25.0 Å². The Labute approximate surface area is 326 Å². The van der Waals surface area contributed by atoms with Gasteiger partial charge in [-0.25, -0.2) is 9.97 Å². The zero-order valence-corrected chi connectivity index (χ0v) is 33.3. The Morgan fingerprint density at radius 2 is 1.38 bits per heavy atom. The van der Waals surface area contributed by atoms with E-state index in [1.807, 2.05) is 45.0 Å². The molecular formula is C43H58N8O4. The van der Waals surface area contributed by atoms with Gasteiger partial charge in [-0.15, -0.1) is 0 Å². The summed E-state index contributed by atoms with van der Waals surface area (Å²) in [5.41, 5.74) is 3.29. The van der Waals surface area contributed by atoms with E-state index in [1.165, 1.54) is 6.42 Å². The predicted octanol–water partition coefficient (Wildman–Crippen LogP) is 5.16. The molecular weight excluding hydrogens is 693 g/mol. The molecule has 3 aliphatic rings. The Hall–Kier alpha value is -5.36. The predicted molar refractivity (Wildman–Crippen MR) is 213 cm³/mol. The average Bonchev–Trinajstić information content (AvgIpc) is 4.06. The van der Waals surface area contributed by atoms with Crippen LogP contribution in [0.5, 0.6) is 0 Å². The van der Waals surface area contributed by atoms with Crippen LogP contribution in [0.2, 0.25) is 0 Å². The number of aromatic amines is 2. The number of likely N-dealkylation sites (tertiary alicyclic amines) is 1. The Balaban J connectivity index is 0.000000312. The number of carbonyl (C=O) groups is 4. The second kappa shape index (κ2) is 21.5. The van der Waals surface area contributed by atoms with Crippen LogP contribution in [0.15, 0.2) is 36.7 Å². The molecule has 0 radical (unpaired) electrons. The Morgan fingerprint density at radius 1 is 0.800 bits per heavy atom. The van der Waals surface area contributed by atoms with Gasteiger partial charge >= 0.3 is 0 Å². The third-order valence-electron chi connectivity index (χ3n) is 9.08. The number of likely N-dealkylation sites (N-methyl/N-ethyl adjacent to an activating group) is 1. The van der Waals surface area contributed by atoms with Crippen molar-refractivity contribution in [2.45, 2.75) is 111 Å². The second-order valence-corrected chi connectivity index (χ2v) is 14.6. The highest BCUT2D eigenvalue weighted by Crippen LogP contribution is 2.31. The number of benzene rings is 1. The third kappa shape index (κ3) is 13.8. The van der Waals surface area contributed by atoms with Crippen molar-refractivity contribution in [2.75, 3.05) is 19.6 Å². The molecule has 294 valence electrons. The zero-order valence-electron chi connectivity index (χ0n) is 33.3. The number of nitrogens with one attached hydrogen (secondary N) is 5. The molecule has 1 aliphatic heterocycles. The molecule has 12 heteroatoms. The van der Waals surface area contributed by atoms with E-state index in [9.17, 15) is 19.2 Å². The molecule has 2 atom stereocenters. The highest BCUT2D eigenvalue weighted by molar-refractivity contribution is 5.89. The summed E-state index contributed by atoms with van der Waals surface area (Å²) in [5.74, 6) is 14.5. The number of amides is 4. The maximum absolute atomic E-state index is 12.7. The van der Waals surface area contributed by atoms with E-state index in [0.717, 1.165) is 79.8 Å². The zero-order chi connectivity index (χ0) is 39.7. The molecule has 2 unspecified atom stereocenters. The number of rotatable bonds is 11. The first-order chi connectivity index (χ1) is 26.6. The normalized spacial score (nSPS) is 16.1. The van der Waals surface area contributed by atoms with Gasteiger partial charge in [0.1, 0.15) is 29.1 Å². The van der Waals surface area contributed by atoms with Gasteiger partial charge in [0.15, 0.2) is 0 Å². The van der Waals surface area contributed by atoms with Crippen molar-refractivity contribution in [1.29, 1.82) is 0 Å². The minimum absolute atomic E-state index is 0.0152. The van der Waals surface area contributed by atoms with E-state index in [1.54, 1.807) is 17.3 Å². The highest BCUT2D eigenvalue weighted by atomic mass is 16.2. The number of hydrogen-bond acceptors (Lipinski definition) is 6. The van der Waals surface area contributed by atoms with Crippen LogP contribution in [-0.4, -0.2) is 74.1 Å². The van der Waals surface area contributed by atoms with Gasteiger partial charge < -0.3 is 30.8 Å². The molecule has 1 aromatic carbocycles. The summed E-state index contributed by atoms with van der Waals surface area (Å²) in [6.45, 7) is 13.4. The summed E-state index contributed by atoms with van der Waals surface area (Å²) in [6, 6.07) is 7.27. The van der Waals surface area contributed by atoms with Crippen LogP contribution in [-0.2, 0) is 25.6 Å². The maximum atomic E-state index is 12.7. The van der Waals surface area contributed by atoms with Crippen LogP contribution in [0, 0.1) is 41.4 Å². The Bertz CT molecular complexity index is 1850. The van der Waals surface area contributed by atoms with Crippen LogP contribution in [0.4, 0.5) is 0 Å². The van der Waals surface area contributed by atoms with Gasteiger partial charge in [-0.05, 0) is 93.9 Å². The Morgan fingerprint density at radius 3 is 1.95 bits per heavy atom. The first-order valence-corrected chi connectivity index (χ1v) is 19.9. The molecule has 2 aromatic heterocycles. The van der Waals surface area contributed by atoms with Gasteiger partial charge in [0, 0.05) is 42.5 Å². The SMILES string of the molecule is CCC.CCCc1ncc(C#Cc2ccc(C#Cc3cnc(C4CCCN4C(=O)CNC(=O)C4CC4)[nH]3)cc2)[nH]1.CCNC(=O)C(NC(=O)C1CC1)C(C)C. The minimum Gasteiger partial charge on any atom is -0.355 e. The van der Waals surface area contributed by atoms with E-state index in [-0.39, 0.29) is 54.0 Å². The molecule has 0 spiro atoms. The average molecular weight is 751 g/mol. The molecule has 0 bridgehead atoms. The highest BCUT2D eigenvalue weighted by Gasteiger charge is 2.35. The number of aromatic nitrogens is 4. The van der Waals surface area contributed by atoms with Crippen molar-refractivity contribution in [3.63, 3.8) is 0 Å². The molecule has 2 aliphatic carbocycles. The first kappa shape index (κ1) is 42.4. The van der Waals surface area contributed by atoms with Crippen molar-refractivity contribution < 1.29 is 19.2 Å². The quantitative estimate of drug-likeness (QED) is 0.170. The largest absolute Gasteiger partial charge is 0.355 e. The van der Waals surface area contributed by atoms with Gasteiger partial charge in [0.2, 0.25) is 23.6 Å². The van der Waals surface area contributed by atoms with Crippen LogP contribution >= 0.6 is 0 Å². The number of carbonyl (C=O) groups excluding carboxylic acids is 4. The topological polar surface area (TPSA) is 165 Å². The Kier molecular flexibility index (Phi) is 16.6. The molecule has 3 aromatic rings. The van der Waals surface area contributed by atoms with E-state index in [0.29, 0.717) is 18.8 Å². The molecule has 5 N–H and O–H groups in total. The van der Waals surface area contributed by atoms with Gasteiger partial charge in [0.25, 0.3) is 0 Å². The summed E-state index contributed by atoms with van der Waals surface area (Å²) >= 11 is 0. The van der Waals surface area contributed by atoms with Crippen LogP contribution in [0.3, 0.4) is 0 Å². The summed E-state index contributed by atoms with van der Waals surface area (Å²) in [6.07, 6.45) is 12.2. The molecule has 3 heterocycles. The monoisotopic (exact) mass is 750 g/mol. The first-order valence-electron chi connectivity index (χ1n) is 19.9. The molecule has 1 saturated heterocycles. The summed E-state index contributed by atoms with van der Waals surface area (Å²) in [4.78, 5) is 64.9. The van der Waals surface area contributed by atoms with Crippen molar-refractivity contribution in [1.82, 2.24) is 40.8 Å². The van der Waals surface area contributed by atoms with Crippen molar-refractivity contribution >= 4 is 23.6 Å². The van der Waals surface area contributed by atoms with Crippen LogP contribution in [0.25, 0.3) is 0 Å². The standard InChI is InChI=1S/C29H30N6O2.C11H20N2O2.C3H8/c1-2-4-26-30-17-23(33-26)14-10-20-6-8-21(9-7-20)11-15-24-18-31-28(34-24)25-5-3-16-35(25)27(36)19-32-29(37)22-12-13-22;1-4-12-11(15)9(7(2)3)13-10(14)8-5-6-8;1-3-2/h6-9,17-18,22,25H,2-5,12-13,16,19H2,1H3,(H,30,33)(H,31,34)(H,32,37);7-9H,4-6H2,1-3H3,(H,12,15)(H,13,14);3H2,1-2H3. The number of imidazole rings is 2. The lowest BCUT2D eigenvalue weighted by Crippen LogP contribution is -2.50. The molecule has 2 saturated carbocycles. The summed E-state index contributed by atoms with van der Waals surface area (Å²) < 4.78 is 0. The fourth-order valence-electron chi connectivity index (χ4n) is 5.81. The molecule has 3 fully saturated rings. The summed E-state index contributed by atoms with van der Waals surface area (Å²) in [5, 5.41) is 8.32. The molecule has 12 nitrogen and oxygen atoms in total. The van der Waals surface area contributed by atoms with E-state index < -0.39 is 6.04 Å². The third-order valence-corrected chi connectivity index (χ3v) is 9.08. The smallest absolute Gasteiger partial charge is 0.242 e. The molecule has 6 rings (SSSR count). The number of H-pyrrole nitrogens is 2. The number of aryl methyl sites for hydroxylation is 1. The van der Waals surface area contributed by atoms with Crippen molar-refractivity contribution in [3.8, 4) is 23.7 Å². The lowest BCUT2D eigenvalue weighted by Gasteiger charge is -2.23. The molecule has 55 heavy (non-hydrogen) atoms. The van der Waals surface area contributed by atoms with Crippen LogP contribution in [0.1, 0.15) is 133 Å². The number of nitrogens with zero attached hydrogens (tertiary/aromatic N) is 3. The number of hydrogen-bond donors (Lipinski definition) is 5. The van der Waals surface area contributed by atoms with Gasteiger partial charge in [-0.3, -0.25) is 19.2 Å². The van der Waals surface area contributed by atoms with Crippen molar-refractivity contribution in [2.24, 2.45) is 17.8 Å². The molecule has 4 amide bonds. The fourth-order valence-corrected chi connectivity index (χ4v) is 5.81. The summed E-state index contributed by atoms with van der Waals surface area (Å²) in [7, 11) is 0. The van der Waals surface area contributed by atoms with E-state index in [2.05, 4.69) is 80.3 Å². The van der Waals surface area contributed by atoms with Gasteiger partial charge in [-0.1, -0.05) is 52.9 Å². The lowest BCUT2D eigenvalue weighted by molar-refractivity contribution is -0.134.